The van der Waals surface area contributed by atoms with Crippen molar-refractivity contribution >= 4 is 22.4 Å². The van der Waals surface area contributed by atoms with E-state index in [-0.39, 0.29) is 24.4 Å². The minimum Gasteiger partial charge on any atom is -0.497 e. The molecule has 7 nitrogen and oxygen atoms in total. The number of nitrogens with one attached hydrogen (secondary N) is 1. The van der Waals surface area contributed by atoms with E-state index in [0.717, 1.165) is 23.4 Å². The van der Waals surface area contributed by atoms with E-state index in [0.29, 0.717) is 23.3 Å². The number of benzene rings is 2. The Bertz CT molecular complexity index is 1390. The van der Waals surface area contributed by atoms with Crippen LogP contribution in [0, 0.1) is 11.6 Å². The average molecular weight is 466 g/mol. The Kier molecular flexibility index (Phi) is 6.74. The van der Waals surface area contributed by atoms with Crippen LogP contribution in [0.2, 0.25) is 0 Å². The third-order valence-corrected chi connectivity index (χ3v) is 5.52. The van der Waals surface area contributed by atoms with Gasteiger partial charge in [-0.2, -0.15) is 0 Å². The van der Waals surface area contributed by atoms with Crippen LogP contribution in [0.4, 0.5) is 20.3 Å². The monoisotopic (exact) mass is 466 g/mol. The van der Waals surface area contributed by atoms with Crippen molar-refractivity contribution in [3.8, 4) is 16.9 Å². The van der Waals surface area contributed by atoms with Crippen molar-refractivity contribution in [3.05, 3.63) is 82.3 Å². The van der Waals surface area contributed by atoms with Gasteiger partial charge in [-0.05, 0) is 35.9 Å². The first-order valence-electron chi connectivity index (χ1n) is 10.6. The van der Waals surface area contributed by atoms with Gasteiger partial charge in [0.05, 0.1) is 36.0 Å². The number of anilines is 2. The summed E-state index contributed by atoms with van der Waals surface area (Å²) in [5.74, 6) is -0.533. The van der Waals surface area contributed by atoms with Gasteiger partial charge in [0.25, 0.3) is 5.56 Å². The Morgan fingerprint density at radius 3 is 2.56 bits per heavy atom. The lowest BCUT2D eigenvalue weighted by atomic mass is 10.0. The Labute approximate surface area is 194 Å². The Morgan fingerprint density at radius 1 is 1.09 bits per heavy atom. The Hall–Kier alpha value is -3.98. The molecule has 0 amide bonds. The average Bonchev–Trinajstić information content (AvgIpc) is 2.85. The molecule has 0 saturated carbocycles. The lowest BCUT2D eigenvalue weighted by Crippen LogP contribution is -2.25. The summed E-state index contributed by atoms with van der Waals surface area (Å²) in [5, 5.41) is 3.77. The summed E-state index contributed by atoms with van der Waals surface area (Å²) >= 11 is 0. The maximum absolute atomic E-state index is 14.7. The number of methoxy groups -OCH3 is 2. The summed E-state index contributed by atoms with van der Waals surface area (Å²) in [4.78, 5) is 17.7. The highest BCUT2D eigenvalue weighted by Crippen LogP contribution is 2.29. The minimum atomic E-state index is -0.972. The predicted molar refractivity (Wildman–Crippen MR) is 128 cm³/mol. The number of fused-ring (bicyclic) bond motifs is 1. The number of hydrogen-bond acceptors (Lipinski definition) is 6. The van der Waals surface area contributed by atoms with Crippen LogP contribution in [0.3, 0.4) is 0 Å². The van der Waals surface area contributed by atoms with E-state index >= 15 is 0 Å². The minimum absolute atomic E-state index is 0.133. The molecular formula is C25H24F2N4O3. The summed E-state index contributed by atoms with van der Waals surface area (Å²) < 4.78 is 41.0. The van der Waals surface area contributed by atoms with E-state index in [4.69, 9.17) is 15.2 Å². The van der Waals surface area contributed by atoms with Gasteiger partial charge in [-0.3, -0.25) is 4.79 Å². The number of halogens is 2. The normalized spacial score (nSPS) is 11.1. The Morgan fingerprint density at radius 2 is 1.85 bits per heavy atom. The van der Waals surface area contributed by atoms with Crippen LogP contribution < -0.4 is 21.3 Å². The number of nitrogens with two attached hydrogens (primary N) is 1. The van der Waals surface area contributed by atoms with Crippen molar-refractivity contribution in [1.82, 2.24) is 9.55 Å². The number of nitrogens with zero attached hydrogens (tertiary/aromatic N) is 2. The molecule has 2 heterocycles. The third-order valence-electron chi connectivity index (χ3n) is 5.52. The van der Waals surface area contributed by atoms with E-state index in [1.54, 1.807) is 19.4 Å². The van der Waals surface area contributed by atoms with Crippen LogP contribution in [0.25, 0.3) is 22.0 Å². The molecule has 0 radical (unpaired) electrons. The van der Waals surface area contributed by atoms with Crippen LogP contribution in [0.5, 0.6) is 5.75 Å². The van der Waals surface area contributed by atoms with Crippen LogP contribution >= 0.6 is 0 Å². The van der Waals surface area contributed by atoms with Crippen molar-refractivity contribution < 1.29 is 18.3 Å². The molecule has 0 aliphatic rings. The van der Waals surface area contributed by atoms with Crippen molar-refractivity contribution in [3.63, 3.8) is 0 Å². The first kappa shape index (κ1) is 23.2. The van der Waals surface area contributed by atoms with Gasteiger partial charge in [-0.25, -0.2) is 13.8 Å². The summed E-state index contributed by atoms with van der Waals surface area (Å²) in [5.41, 5.74) is 5.81. The van der Waals surface area contributed by atoms with Gasteiger partial charge in [0, 0.05) is 37.8 Å². The second-order valence-corrected chi connectivity index (χ2v) is 7.66. The van der Waals surface area contributed by atoms with Gasteiger partial charge < -0.3 is 25.1 Å². The number of rotatable bonds is 8. The van der Waals surface area contributed by atoms with Crippen molar-refractivity contribution in [1.29, 1.82) is 0 Å². The molecule has 0 bridgehead atoms. The van der Waals surface area contributed by atoms with Crippen molar-refractivity contribution in [2.75, 3.05) is 31.9 Å². The summed E-state index contributed by atoms with van der Waals surface area (Å²) in [6.45, 7) is 0.924. The topological polar surface area (TPSA) is 91.4 Å². The largest absolute Gasteiger partial charge is 0.497 e. The second-order valence-electron chi connectivity index (χ2n) is 7.66. The first-order chi connectivity index (χ1) is 16.4. The highest BCUT2D eigenvalue weighted by atomic mass is 19.1. The maximum Gasteiger partial charge on any atom is 0.259 e. The molecule has 9 heteroatoms. The molecule has 4 rings (SSSR count). The molecule has 0 spiro atoms. The number of ether oxygens (including phenoxy) is 2. The highest BCUT2D eigenvalue weighted by Gasteiger charge is 2.20. The maximum atomic E-state index is 14.7. The molecule has 2 aromatic carbocycles. The third kappa shape index (κ3) is 4.55. The summed E-state index contributed by atoms with van der Waals surface area (Å²) in [6.07, 6.45) is 1.56. The zero-order chi connectivity index (χ0) is 24.2. The molecule has 0 aliphatic heterocycles. The fourth-order valence-electron chi connectivity index (χ4n) is 3.70. The van der Waals surface area contributed by atoms with Gasteiger partial charge in [0.1, 0.15) is 17.4 Å². The molecule has 0 atom stereocenters. The fourth-order valence-corrected chi connectivity index (χ4v) is 3.70. The van der Waals surface area contributed by atoms with Crippen molar-refractivity contribution in [2.24, 2.45) is 0 Å². The molecule has 176 valence electrons. The molecule has 0 saturated heterocycles. The molecule has 4 aromatic rings. The second kappa shape index (κ2) is 9.88. The van der Waals surface area contributed by atoms with Crippen LogP contribution in [-0.4, -0.2) is 30.4 Å². The number of aromatic nitrogens is 2. The van der Waals surface area contributed by atoms with Crippen LogP contribution in [0.1, 0.15) is 5.56 Å². The molecule has 0 unspecified atom stereocenters. The highest BCUT2D eigenvalue weighted by molar-refractivity contribution is 5.86. The first-order valence-corrected chi connectivity index (χ1v) is 10.6. The van der Waals surface area contributed by atoms with Gasteiger partial charge in [-0.15, -0.1) is 0 Å². The van der Waals surface area contributed by atoms with Gasteiger partial charge in [0.15, 0.2) is 5.82 Å². The van der Waals surface area contributed by atoms with Crippen LogP contribution in [0.15, 0.2) is 59.5 Å². The lowest BCUT2D eigenvalue weighted by molar-refractivity contribution is 0.187. The van der Waals surface area contributed by atoms with E-state index < -0.39 is 22.8 Å². The standard InChI is InChI=1S/C25H24F2N4O3/c1-33-10-9-31-21-12-22(29-13-15-3-5-17(34-2)6-4-15)30-14-16(21)11-18(25(31)32)23-19(26)7-8-20(28)24(23)27/h3-8,11-12,14H,9-10,13,28H2,1-2H3,(H,29,30). The SMILES string of the molecule is COCCn1c(=O)c(-c2c(F)ccc(N)c2F)cc2cnc(NCc3ccc(OC)cc3)cc21. The zero-order valence-corrected chi connectivity index (χ0v) is 18.8. The smallest absolute Gasteiger partial charge is 0.259 e. The van der Waals surface area contributed by atoms with Gasteiger partial charge in [0.2, 0.25) is 0 Å². The molecule has 34 heavy (non-hydrogen) atoms. The molecule has 2 aromatic heterocycles. The van der Waals surface area contributed by atoms with E-state index in [9.17, 15) is 13.6 Å². The number of hydrogen-bond donors (Lipinski definition) is 2. The number of pyridine rings is 2. The summed E-state index contributed by atoms with van der Waals surface area (Å²) in [6, 6.07) is 12.9. The van der Waals surface area contributed by atoms with Gasteiger partial charge >= 0.3 is 0 Å². The number of nitrogen functional groups attached to an aromatic ring is 1. The molecule has 0 aliphatic carbocycles. The quantitative estimate of drug-likeness (QED) is 0.379. The van der Waals surface area contributed by atoms with E-state index in [1.165, 1.54) is 17.7 Å². The van der Waals surface area contributed by atoms with E-state index in [1.807, 2.05) is 24.3 Å². The van der Waals surface area contributed by atoms with E-state index in [2.05, 4.69) is 10.3 Å². The van der Waals surface area contributed by atoms with Crippen LogP contribution in [-0.2, 0) is 17.8 Å². The zero-order valence-electron chi connectivity index (χ0n) is 18.8. The molecule has 0 fully saturated rings. The lowest BCUT2D eigenvalue weighted by Gasteiger charge is -2.15. The summed E-state index contributed by atoms with van der Waals surface area (Å²) in [7, 11) is 3.12. The molecule has 3 N–H and O–H groups in total. The van der Waals surface area contributed by atoms with Gasteiger partial charge in [-0.1, -0.05) is 12.1 Å². The van der Waals surface area contributed by atoms with Crippen molar-refractivity contribution in [2.45, 2.75) is 13.1 Å². The Balaban J connectivity index is 1.76. The molecular weight excluding hydrogens is 442 g/mol. The predicted octanol–water partition coefficient (Wildman–Crippen LogP) is 4.19. The fraction of sp³-hybridized carbons (Fsp3) is 0.200.